The van der Waals surface area contributed by atoms with Crippen molar-refractivity contribution in [2.45, 2.75) is 18.2 Å². The van der Waals surface area contributed by atoms with Gasteiger partial charge in [-0.2, -0.15) is 0 Å². The maximum atomic E-state index is 13.5. The van der Waals surface area contributed by atoms with E-state index in [9.17, 15) is 12.8 Å². The number of hydrogen-bond donors (Lipinski definition) is 1. The van der Waals surface area contributed by atoms with Crippen LogP contribution in [0.1, 0.15) is 10.6 Å². The van der Waals surface area contributed by atoms with Gasteiger partial charge in [-0.15, -0.1) is 11.3 Å². The van der Waals surface area contributed by atoms with Crippen molar-refractivity contribution in [3.8, 4) is 17.1 Å². The summed E-state index contributed by atoms with van der Waals surface area (Å²) in [6.07, 6.45) is 4.53. The maximum Gasteiger partial charge on any atom is 0.197 e. The Labute approximate surface area is 266 Å². The number of sulfone groups is 1. The summed E-state index contributed by atoms with van der Waals surface area (Å²) in [4.78, 5) is 21.8. The summed E-state index contributed by atoms with van der Waals surface area (Å²) in [5, 5.41) is 6.94. The number of hydrogen-bond acceptors (Lipinski definition) is 11. The van der Waals surface area contributed by atoms with E-state index in [0.717, 1.165) is 5.39 Å². The van der Waals surface area contributed by atoms with Crippen LogP contribution < -0.4 is 10.1 Å². The second-order valence-electron chi connectivity index (χ2n) is 9.66. The van der Waals surface area contributed by atoms with Crippen molar-refractivity contribution < 1.29 is 22.3 Å². The van der Waals surface area contributed by atoms with Gasteiger partial charge < -0.3 is 14.8 Å². The molecule has 0 amide bonds. The zero-order valence-electron chi connectivity index (χ0n) is 23.4. The van der Waals surface area contributed by atoms with Crippen molar-refractivity contribution in [3.05, 3.63) is 112 Å². The lowest BCUT2D eigenvalue weighted by molar-refractivity contribution is 0.135. The molecular weight excluding hydrogens is 639 g/mol. The molecule has 0 aliphatic rings. The molecule has 0 atom stereocenters. The molecule has 0 bridgehead atoms. The van der Waals surface area contributed by atoms with Gasteiger partial charge in [-0.1, -0.05) is 29.8 Å². The quantitative estimate of drug-likeness (QED) is 0.142. The Morgan fingerprint density at radius 3 is 2.67 bits per heavy atom. The van der Waals surface area contributed by atoms with E-state index < -0.39 is 9.84 Å². The van der Waals surface area contributed by atoms with E-state index in [1.165, 1.54) is 42.1 Å². The molecule has 2 aromatic carbocycles. The van der Waals surface area contributed by atoms with E-state index >= 15 is 0 Å². The van der Waals surface area contributed by atoms with Crippen molar-refractivity contribution >= 4 is 55.2 Å². The van der Waals surface area contributed by atoms with Gasteiger partial charge in [-0.05, 0) is 54.1 Å². The van der Waals surface area contributed by atoms with Gasteiger partial charge in [0.1, 0.15) is 35.3 Å². The van der Waals surface area contributed by atoms with Gasteiger partial charge in [-0.3, -0.25) is 4.98 Å². The van der Waals surface area contributed by atoms with Crippen LogP contribution in [0, 0.1) is 5.82 Å². The van der Waals surface area contributed by atoms with Gasteiger partial charge in [-0.25, -0.2) is 32.7 Å². The molecule has 0 spiro atoms. The minimum atomic E-state index is -3.53. The topological polar surface area (TPSA) is 129 Å². The summed E-state index contributed by atoms with van der Waals surface area (Å²) in [6, 6.07) is 18.0. The van der Waals surface area contributed by atoms with E-state index in [1.807, 2.05) is 11.4 Å². The summed E-state index contributed by atoms with van der Waals surface area (Å²) in [6.45, 7) is 0.349. The zero-order valence-corrected chi connectivity index (χ0v) is 25.8. The highest BCUT2D eigenvalue weighted by atomic mass is 35.5. The van der Waals surface area contributed by atoms with Gasteiger partial charge in [0.2, 0.25) is 0 Å². The number of aromatic nitrogens is 5. The number of benzene rings is 2. The van der Waals surface area contributed by atoms with Crippen molar-refractivity contribution in [3.63, 3.8) is 0 Å². The molecule has 0 aliphatic heterocycles. The average Bonchev–Trinajstić information content (AvgIpc) is 3.52. The number of halogens is 2. The first-order valence-electron chi connectivity index (χ1n) is 13.5. The van der Waals surface area contributed by atoms with E-state index in [-0.39, 0.29) is 36.4 Å². The lowest BCUT2D eigenvalue weighted by Gasteiger charge is -2.12. The SMILES string of the molecule is O=S(=O)(CCOCc1nc(-c2cc3c(Nc4ccc(OCc5cccc(F)c5)c(Cl)c4)ncnc3cn2)cs1)c1ccccn1. The molecule has 0 unspecified atom stereocenters. The number of fused-ring (bicyclic) bond motifs is 1. The smallest absolute Gasteiger partial charge is 0.197 e. The lowest BCUT2D eigenvalue weighted by atomic mass is 10.2. The number of nitrogens with zero attached hydrogens (tertiary/aromatic N) is 5. The Bertz CT molecular complexity index is 2060. The Morgan fingerprint density at radius 1 is 0.933 bits per heavy atom. The Kier molecular flexibility index (Phi) is 9.21. The van der Waals surface area contributed by atoms with Crippen LogP contribution in [0.2, 0.25) is 5.02 Å². The third-order valence-electron chi connectivity index (χ3n) is 6.49. The summed E-state index contributed by atoms with van der Waals surface area (Å²) in [5.74, 6) is 0.494. The van der Waals surface area contributed by atoms with Crippen LogP contribution in [0.4, 0.5) is 15.9 Å². The minimum Gasteiger partial charge on any atom is -0.487 e. The first-order chi connectivity index (χ1) is 21.8. The van der Waals surface area contributed by atoms with Crippen molar-refractivity contribution in [1.82, 2.24) is 24.9 Å². The standard InChI is InChI=1S/C31H24ClFN6O4S2/c32-24-13-22(7-8-28(24)43-16-20-4-3-5-21(33)12-20)38-31-23-14-25(35-15-26(23)36-19-37-31)27-18-44-29(39-27)17-42-10-11-45(40,41)30-6-1-2-9-34-30/h1-9,12-15,18-19H,10-11,16-17H2,(H,36,37,38). The Hall–Kier alpha value is -4.56. The first kappa shape index (κ1) is 30.5. The molecular formula is C31H24ClFN6O4S2. The molecule has 0 saturated carbocycles. The van der Waals surface area contributed by atoms with Crippen molar-refractivity contribution in [2.24, 2.45) is 0 Å². The highest BCUT2D eigenvalue weighted by Crippen LogP contribution is 2.32. The number of nitrogens with one attached hydrogen (secondary N) is 1. The third-order valence-corrected chi connectivity index (χ3v) is 9.19. The van der Waals surface area contributed by atoms with Crippen LogP contribution in [0.3, 0.4) is 0 Å². The molecule has 6 rings (SSSR count). The van der Waals surface area contributed by atoms with Gasteiger partial charge in [0.25, 0.3) is 0 Å². The molecule has 0 radical (unpaired) electrons. The molecule has 6 aromatic rings. The van der Waals surface area contributed by atoms with Gasteiger partial charge in [0, 0.05) is 22.7 Å². The highest BCUT2D eigenvalue weighted by molar-refractivity contribution is 7.91. The fourth-order valence-corrected chi connectivity index (χ4v) is 6.29. The molecule has 45 heavy (non-hydrogen) atoms. The third kappa shape index (κ3) is 7.57. The molecule has 14 heteroatoms. The number of thiazole rings is 1. The summed E-state index contributed by atoms with van der Waals surface area (Å²) in [7, 11) is -3.53. The molecule has 1 N–H and O–H groups in total. The molecule has 4 aromatic heterocycles. The number of rotatable bonds is 12. The predicted molar refractivity (Wildman–Crippen MR) is 170 cm³/mol. The van der Waals surface area contributed by atoms with Crippen LogP contribution in [0.5, 0.6) is 5.75 Å². The van der Waals surface area contributed by atoms with E-state index in [0.29, 0.717) is 49.8 Å². The zero-order chi connectivity index (χ0) is 31.2. The van der Waals surface area contributed by atoms with Gasteiger partial charge in [0.05, 0.1) is 47.1 Å². The molecule has 4 heterocycles. The second kappa shape index (κ2) is 13.6. The molecule has 0 saturated heterocycles. The largest absolute Gasteiger partial charge is 0.487 e. The monoisotopic (exact) mass is 662 g/mol. The fourth-order valence-electron chi connectivity index (χ4n) is 4.28. The molecule has 10 nitrogen and oxygen atoms in total. The second-order valence-corrected chi connectivity index (χ2v) is 13.1. The molecule has 0 fully saturated rings. The molecule has 228 valence electrons. The average molecular weight is 663 g/mol. The van der Waals surface area contributed by atoms with Crippen LogP contribution in [0.15, 0.2) is 95.9 Å². The fraction of sp³-hybridized carbons (Fsp3) is 0.129. The van der Waals surface area contributed by atoms with Crippen LogP contribution >= 0.6 is 22.9 Å². The Morgan fingerprint density at radius 2 is 1.84 bits per heavy atom. The van der Waals surface area contributed by atoms with Gasteiger partial charge >= 0.3 is 0 Å². The number of ether oxygens (including phenoxy) is 2. The normalized spacial score (nSPS) is 11.5. The summed E-state index contributed by atoms with van der Waals surface area (Å²) < 4.78 is 49.6. The van der Waals surface area contributed by atoms with Crippen LogP contribution in [0.25, 0.3) is 22.3 Å². The first-order valence-corrected chi connectivity index (χ1v) is 16.5. The Balaban J connectivity index is 1.11. The summed E-state index contributed by atoms with van der Waals surface area (Å²) >= 11 is 7.87. The van der Waals surface area contributed by atoms with E-state index in [1.54, 1.807) is 48.7 Å². The lowest BCUT2D eigenvalue weighted by Crippen LogP contribution is -2.13. The van der Waals surface area contributed by atoms with Crippen molar-refractivity contribution in [2.75, 3.05) is 17.7 Å². The van der Waals surface area contributed by atoms with Gasteiger partial charge in [0.15, 0.2) is 14.9 Å². The van der Waals surface area contributed by atoms with Crippen molar-refractivity contribution in [1.29, 1.82) is 0 Å². The summed E-state index contributed by atoms with van der Waals surface area (Å²) in [5.41, 5.74) is 3.25. The minimum absolute atomic E-state index is 0.0124. The molecule has 0 aliphatic carbocycles. The maximum absolute atomic E-state index is 13.5. The number of pyridine rings is 2. The predicted octanol–water partition coefficient (Wildman–Crippen LogP) is 6.65. The highest BCUT2D eigenvalue weighted by Gasteiger charge is 2.16. The van der Waals surface area contributed by atoms with Crippen LogP contribution in [-0.2, 0) is 27.8 Å². The van der Waals surface area contributed by atoms with E-state index in [4.69, 9.17) is 21.1 Å². The van der Waals surface area contributed by atoms with Crippen LogP contribution in [-0.4, -0.2) is 45.7 Å². The van der Waals surface area contributed by atoms with E-state index in [2.05, 4.69) is 30.2 Å². The number of anilines is 2.